The molecule has 0 spiro atoms. The van der Waals surface area contributed by atoms with Gasteiger partial charge >= 0.3 is 5.69 Å². The van der Waals surface area contributed by atoms with E-state index >= 15 is 0 Å². The maximum Gasteiger partial charge on any atom is 0.369 e. The maximum absolute atomic E-state index is 12.4. The van der Waals surface area contributed by atoms with Gasteiger partial charge in [0.05, 0.1) is 12.2 Å². The SMILES string of the molecule is CC(C)c1ccc(-c2nc(Cn3nnn(-c4cccs4)c3=O)cs2)cc1. The van der Waals surface area contributed by atoms with Crippen LogP contribution in [0.5, 0.6) is 0 Å². The molecule has 0 atom stereocenters. The summed E-state index contributed by atoms with van der Waals surface area (Å²) in [5, 5.41) is 13.5. The fourth-order valence-corrected chi connectivity index (χ4v) is 4.06. The number of nitrogens with zero attached hydrogens (tertiary/aromatic N) is 5. The molecule has 0 unspecified atom stereocenters. The zero-order valence-electron chi connectivity index (χ0n) is 14.4. The van der Waals surface area contributed by atoms with Crippen LogP contribution in [-0.4, -0.2) is 24.8 Å². The highest BCUT2D eigenvalue weighted by Gasteiger charge is 2.12. The second-order valence-electron chi connectivity index (χ2n) is 6.20. The first-order valence-corrected chi connectivity index (χ1v) is 9.99. The minimum absolute atomic E-state index is 0.261. The van der Waals surface area contributed by atoms with Gasteiger partial charge in [0, 0.05) is 10.9 Å². The molecule has 4 aromatic rings. The Labute approximate surface area is 158 Å². The minimum Gasteiger partial charge on any atom is -0.244 e. The van der Waals surface area contributed by atoms with Crippen LogP contribution in [-0.2, 0) is 6.54 Å². The fourth-order valence-electron chi connectivity index (χ4n) is 2.58. The standard InChI is InChI=1S/C18H17N5OS2/c1-12(2)13-5-7-14(8-6-13)17-19-15(11-26-17)10-22-18(24)23(21-20-22)16-4-3-9-25-16/h3-9,11-12H,10H2,1-2H3. The number of thiazole rings is 1. The molecule has 4 rings (SSSR count). The van der Waals surface area contributed by atoms with Crippen molar-refractivity contribution in [1.82, 2.24) is 24.8 Å². The van der Waals surface area contributed by atoms with E-state index in [1.807, 2.05) is 22.9 Å². The van der Waals surface area contributed by atoms with Crippen molar-refractivity contribution in [2.75, 3.05) is 0 Å². The Kier molecular flexibility index (Phi) is 4.52. The lowest BCUT2D eigenvalue weighted by atomic mass is 10.0. The lowest BCUT2D eigenvalue weighted by molar-refractivity contribution is 0.624. The number of benzene rings is 1. The average Bonchev–Trinajstić information content (AvgIpc) is 3.38. The molecule has 1 aromatic carbocycles. The Hall–Kier alpha value is -2.58. The van der Waals surface area contributed by atoms with Gasteiger partial charge in [-0.15, -0.1) is 22.7 Å². The Morgan fingerprint density at radius 1 is 1.08 bits per heavy atom. The molecule has 0 amide bonds. The highest BCUT2D eigenvalue weighted by atomic mass is 32.1. The summed E-state index contributed by atoms with van der Waals surface area (Å²) in [5.41, 5.74) is 2.93. The van der Waals surface area contributed by atoms with Crippen LogP contribution in [0, 0.1) is 0 Å². The summed E-state index contributed by atoms with van der Waals surface area (Å²) >= 11 is 3.01. The van der Waals surface area contributed by atoms with Gasteiger partial charge < -0.3 is 0 Å². The Morgan fingerprint density at radius 3 is 2.58 bits per heavy atom. The zero-order chi connectivity index (χ0) is 18.1. The van der Waals surface area contributed by atoms with Gasteiger partial charge in [-0.05, 0) is 39.4 Å². The van der Waals surface area contributed by atoms with E-state index < -0.39 is 0 Å². The van der Waals surface area contributed by atoms with Gasteiger partial charge in [-0.25, -0.2) is 9.78 Å². The Bertz CT molecular complexity index is 1060. The van der Waals surface area contributed by atoms with Crippen molar-refractivity contribution in [3.63, 3.8) is 0 Å². The summed E-state index contributed by atoms with van der Waals surface area (Å²) in [6.07, 6.45) is 0. The molecule has 8 heteroatoms. The van der Waals surface area contributed by atoms with Crippen LogP contribution < -0.4 is 5.69 Å². The van der Waals surface area contributed by atoms with Gasteiger partial charge in [-0.1, -0.05) is 38.1 Å². The van der Waals surface area contributed by atoms with Crippen molar-refractivity contribution in [1.29, 1.82) is 0 Å². The topological polar surface area (TPSA) is 65.6 Å². The minimum atomic E-state index is -0.261. The first kappa shape index (κ1) is 16.9. The first-order chi connectivity index (χ1) is 12.6. The third-order valence-corrected chi connectivity index (χ3v) is 5.83. The Balaban J connectivity index is 1.55. The van der Waals surface area contributed by atoms with E-state index in [4.69, 9.17) is 0 Å². The molecule has 0 saturated carbocycles. The van der Waals surface area contributed by atoms with Gasteiger partial charge in [0.25, 0.3) is 0 Å². The molecule has 3 heterocycles. The molecule has 0 fully saturated rings. The van der Waals surface area contributed by atoms with Crippen molar-refractivity contribution >= 4 is 22.7 Å². The summed E-state index contributed by atoms with van der Waals surface area (Å²) in [6, 6.07) is 12.2. The molecule has 0 aliphatic heterocycles. The van der Waals surface area contributed by atoms with Gasteiger partial charge in [-0.3, -0.25) is 0 Å². The lowest BCUT2D eigenvalue weighted by Crippen LogP contribution is -2.24. The number of hydrogen-bond acceptors (Lipinski definition) is 6. The van der Waals surface area contributed by atoms with Gasteiger partial charge in [0.2, 0.25) is 0 Å². The maximum atomic E-state index is 12.4. The summed E-state index contributed by atoms with van der Waals surface area (Å²) in [6.45, 7) is 4.67. The van der Waals surface area contributed by atoms with Crippen LogP contribution >= 0.6 is 22.7 Å². The van der Waals surface area contributed by atoms with E-state index in [9.17, 15) is 4.79 Å². The summed E-state index contributed by atoms with van der Waals surface area (Å²) in [7, 11) is 0. The second-order valence-corrected chi connectivity index (χ2v) is 7.99. The molecule has 3 aromatic heterocycles. The fraction of sp³-hybridized carbons (Fsp3) is 0.222. The van der Waals surface area contributed by atoms with Crippen LogP contribution in [0.2, 0.25) is 0 Å². The van der Waals surface area contributed by atoms with Crippen LogP contribution in [0.4, 0.5) is 0 Å². The molecule has 26 heavy (non-hydrogen) atoms. The van der Waals surface area contributed by atoms with E-state index in [1.54, 1.807) is 11.3 Å². The van der Waals surface area contributed by atoms with E-state index in [-0.39, 0.29) is 5.69 Å². The van der Waals surface area contributed by atoms with Crippen LogP contribution in [0.25, 0.3) is 15.6 Å². The number of tetrazole rings is 1. The molecule has 0 N–H and O–H groups in total. The van der Waals surface area contributed by atoms with Crippen molar-refractivity contribution in [2.24, 2.45) is 0 Å². The molecule has 6 nitrogen and oxygen atoms in total. The predicted octanol–water partition coefficient (Wildman–Crippen LogP) is 3.79. The van der Waals surface area contributed by atoms with Crippen molar-refractivity contribution < 1.29 is 0 Å². The van der Waals surface area contributed by atoms with E-state index in [2.05, 4.69) is 53.5 Å². The zero-order valence-corrected chi connectivity index (χ0v) is 16.0. The van der Waals surface area contributed by atoms with E-state index in [0.717, 1.165) is 21.3 Å². The summed E-state index contributed by atoms with van der Waals surface area (Å²) in [5.74, 6) is 0.508. The number of rotatable bonds is 5. The second kappa shape index (κ2) is 6.97. The van der Waals surface area contributed by atoms with Gasteiger partial charge in [-0.2, -0.15) is 9.36 Å². The molecule has 0 bridgehead atoms. The van der Waals surface area contributed by atoms with Crippen LogP contribution in [0.15, 0.2) is 52.0 Å². The molecule has 132 valence electrons. The number of hydrogen-bond donors (Lipinski definition) is 0. The summed E-state index contributed by atoms with van der Waals surface area (Å²) < 4.78 is 2.64. The molecular weight excluding hydrogens is 366 g/mol. The number of aromatic nitrogens is 5. The normalized spacial score (nSPS) is 11.3. The van der Waals surface area contributed by atoms with Crippen LogP contribution in [0.1, 0.15) is 31.0 Å². The number of thiophene rings is 1. The average molecular weight is 384 g/mol. The first-order valence-electron chi connectivity index (χ1n) is 8.23. The molecule has 0 saturated heterocycles. The smallest absolute Gasteiger partial charge is 0.244 e. The molecular formula is C18H17N5OS2. The molecule has 0 radical (unpaired) electrons. The lowest BCUT2D eigenvalue weighted by Gasteiger charge is -2.05. The highest BCUT2D eigenvalue weighted by molar-refractivity contribution is 7.13. The van der Waals surface area contributed by atoms with E-state index in [1.165, 1.54) is 26.3 Å². The highest BCUT2D eigenvalue weighted by Crippen LogP contribution is 2.26. The van der Waals surface area contributed by atoms with Gasteiger partial charge in [0.1, 0.15) is 10.0 Å². The van der Waals surface area contributed by atoms with Crippen molar-refractivity contribution in [3.8, 4) is 15.6 Å². The third kappa shape index (κ3) is 3.25. The predicted molar refractivity (Wildman–Crippen MR) is 104 cm³/mol. The van der Waals surface area contributed by atoms with E-state index in [0.29, 0.717) is 12.5 Å². The molecule has 0 aliphatic carbocycles. The quantitative estimate of drug-likeness (QED) is 0.526. The monoisotopic (exact) mass is 383 g/mol. The van der Waals surface area contributed by atoms with Gasteiger partial charge in [0.15, 0.2) is 0 Å². The molecule has 0 aliphatic rings. The van der Waals surface area contributed by atoms with Crippen LogP contribution in [0.3, 0.4) is 0 Å². The Morgan fingerprint density at radius 2 is 1.88 bits per heavy atom. The largest absolute Gasteiger partial charge is 0.369 e. The van der Waals surface area contributed by atoms with Crippen molar-refractivity contribution in [3.05, 3.63) is 68.9 Å². The van der Waals surface area contributed by atoms with Crippen molar-refractivity contribution in [2.45, 2.75) is 26.3 Å². The third-order valence-electron chi connectivity index (χ3n) is 4.04. The summed E-state index contributed by atoms with van der Waals surface area (Å²) in [4.78, 5) is 17.1.